The van der Waals surface area contributed by atoms with E-state index in [-0.39, 0.29) is 11.7 Å². The highest BCUT2D eigenvalue weighted by atomic mass is 32.2. The van der Waals surface area contributed by atoms with Gasteiger partial charge in [0.15, 0.2) is 10.9 Å². The molecule has 2 aromatic heterocycles. The maximum absolute atomic E-state index is 12.6. The van der Waals surface area contributed by atoms with E-state index >= 15 is 0 Å². The maximum Gasteiger partial charge on any atom is 0.293 e. The Hall–Kier alpha value is -2.77. The molecule has 1 N–H and O–H groups in total. The Morgan fingerprint density at radius 2 is 2.03 bits per heavy atom. The standard InChI is InChI=1S/C22H20N2O3S2/c1-3-10-28-17-8-9-19-15(11-17)12-20(27-19)21(25)24-22-23-18(13-29-22)14-4-6-16(26-2)7-5-14/h4-9,11-13H,3,10H2,1-2H3,(H,23,24,25). The van der Waals surface area contributed by atoms with E-state index in [1.165, 1.54) is 16.2 Å². The van der Waals surface area contributed by atoms with Crippen LogP contribution < -0.4 is 10.1 Å². The minimum absolute atomic E-state index is 0.277. The molecule has 148 valence electrons. The number of amides is 1. The zero-order valence-corrected chi connectivity index (χ0v) is 17.7. The molecule has 0 aliphatic heterocycles. The van der Waals surface area contributed by atoms with Gasteiger partial charge in [0.05, 0.1) is 12.8 Å². The first-order valence-corrected chi connectivity index (χ1v) is 11.1. The number of ether oxygens (including phenoxy) is 1. The van der Waals surface area contributed by atoms with Crippen LogP contribution in [-0.4, -0.2) is 23.8 Å². The summed E-state index contributed by atoms with van der Waals surface area (Å²) in [7, 11) is 1.63. The van der Waals surface area contributed by atoms with Gasteiger partial charge in [0.25, 0.3) is 5.91 Å². The van der Waals surface area contributed by atoms with Crippen molar-refractivity contribution in [3.63, 3.8) is 0 Å². The van der Waals surface area contributed by atoms with Gasteiger partial charge in [-0.05, 0) is 60.7 Å². The highest BCUT2D eigenvalue weighted by Gasteiger charge is 2.15. The number of anilines is 1. The predicted molar refractivity (Wildman–Crippen MR) is 119 cm³/mol. The molecule has 0 bridgehead atoms. The van der Waals surface area contributed by atoms with Crippen LogP contribution in [0.1, 0.15) is 23.9 Å². The van der Waals surface area contributed by atoms with Crippen molar-refractivity contribution < 1.29 is 13.9 Å². The number of aromatic nitrogens is 1. The fourth-order valence-corrected chi connectivity index (χ4v) is 4.36. The van der Waals surface area contributed by atoms with Crippen molar-refractivity contribution in [1.82, 2.24) is 4.98 Å². The van der Waals surface area contributed by atoms with Crippen molar-refractivity contribution in [3.05, 3.63) is 59.7 Å². The fraction of sp³-hybridized carbons (Fsp3) is 0.182. The molecule has 4 aromatic rings. The van der Waals surface area contributed by atoms with E-state index in [2.05, 4.69) is 23.3 Å². The summed E-state index contributed by atoms with van der Waals surface area (Å²) in [5, 5.41) is 6.19. The Morgan fingerprint density at radius 1 is 1.21 bits per heavy atom. The van der Waals surface area contributed by atoms with Crippen molar-refractivity contribution in [2.75, 3.05) is 18.2 Å². The minimum atomic E-state index is -0.306. The summed E-state index contributed by atoms with van der Waals surface area (Å²) in [5.41, 5.74) is 2.47. The molecule has 7 heteroatoms. The molecule has 0 spiro atoms. The summed E-state index contributed by atoms with van der Waals surface area (Å²) in [5.74, 6) is 1.83. The van der Waals surface area contributed by atoms with Gasteiger partial charge in [-0.3, -0.25) is 10.1 Å². The molecule has 29 heavy (non-hydrogen) atoms. The van der Waals surface area contributed by atoms with Crippen molar-refractivity contribution in [1.29, 1.82) is 0 Å². The lowest BCUT2D eigenvalue weighted by Gasteiger charge is -2.00. The van der Waals surface area contributed by atoms with Gasteiger partial charge in [-0.1, -0.05) is 6.92 Å². The second-order valence-corrected chi connectivity index (χ2v) is 8.41. The first-order valence-electron chi connectivity index (χ1n) is 9.24. The third-order valence-corrected chi connectivity index (χ3v) is 6.25. The van der Waals surface area contributed by atoms with E-state index in [9.17, 15) is 4.79 Å². The third kappa shape index (κ3) is 4.46. The number of methoxy groups -OCH3 is 1. The molecule has 0 saturated carbocycles. The second-order valence-electron chi connectivity index (χ2n) is 6.38. The lowest BCUT2D eigenvalue weighted by atomic mass is 10.2. The van der Waals surface area contributed by atoms with Gasteiger partial charge in [-0.2, -0.15) is 0 Å². The summed E-state index contributed by atoms with van der Waals surface area (Å²) >= 11 is 3.18. The highest BCUT2D eigenvalue weighted by molar-refractivity contribution is 7.99. The van der Waals surface area contributed by atoms with Gasteiger partial charge in [0.1, 0.15) is 11.3 Å². The lowest BCUT2D eigenvalue weighted by Crippen LogP contribution is -2.10. The SMILES string of the molecule is CCCSc1ccc2oc(C(=O)Nc3nc(-c4ccc(OC)cc4)cs3)cc2c1. The van der Waals surface area contributed by atoms with Crippen LogP contribution in [0.2, 0.25) is 0 Å². The molecule has 0 saturated heterocycles. The van der Waals surface area contributed by atoms with Crippen molar-refractivity contribution in [2.24, 2.45) is 0 Å². The predicted octanol–water partition coefficient (Wildman–Crippen LogP) is 6.32. The minimum Gasteiger partial charge on any atom is -0.497 e. The van der Waals surface area contributed by atoms with E-state index in [4.69, 9.17) is 9.15 Å². The molecular weight excluding hydrogens is 404 g/mol. The van der Waals surface area contributed by atoms with Crippen LogP contribution in [0.5, 0.6) is 5.75 Å². The monoisotopic (exact) mass is 424 g/mol. The van der Waals surface area contributed by atoms with E-state index < -0.39 is 0 Å². The van der Waals surface area contributed by atoms with Gasteiger partial charge in [-0.25, -0.2) is 4.98 Å². The van der Waals surface area contributed by atoms with Crippen LogP contribution in [0, 0.1) is 0 Å². The highest BCUT2D eigenvalue weighted by Crippen LogP contribution is 2.29. The molecule has 0 fully saturated rings. The Bertz CT molecular complexity index is 1130. The summed E-state index contributed by atoms with van der Waals surface area (Å²) in [6.07, 6.45) is 1.12. The molecule has 0 aliphatic rings. The number of fused-ring (bicyclic) bond motifs is 1. The molecule has 0 atom stereocenters. The van der Waals surface area contributed by atoms with E-state index in [1.54, 1.807) is 24.9 Å². The largest absolute Gasteiger partial charge is 0.497 e. The quantitative estimate of drug-likeness (QED) is 0.352. The summed E-state index contributed by atoms with van der Waals surface area (Å²) < 4.78 is 10.9. The number of hydrogen-bond donors (Lipinski definition) is 1. The smallest absolute Gasteiger partial charge is 0.293 e. The molecule has 5 nitrogen and oxygen atoms in total. The molecule has 0 aliphatic carbocycles. The molecule has 0 unspecified atom stereocenters. The number of nitrogens with one attached hydrogen (secondary N) is 1. The number of benzene rings is 2. The van der Waals surface area contributed by atoms with Gasteiger partial charge in [0, 0.05) is 21.2 Å². The molecule has 4 rings (SSSR count). The summed E-state index contributed by atoms with van der Waals surface area (Å²) in [6.45, 7) is 2.16. The van der Waals surface area contributed by atoms with Crippen molar-refractivity contribution in [2.45, 2.75) is 18.2 Å². The number of rotatable bonds is 7. The molecule has 2 heterocycles. The van der Waals surface area contributed by atoms with Crippen LogP contribution in [0.3, 0.4) is 0 Å². The van der Waals surface area contributed by atoms with Crippen LogP contribution in [0.25, 0.3) is 22.2 Å². The molecule has 0 radical (unpaired) electrons. The van der Waals surface area contributed by atoms with Gasteiger partial charge in [0.2, 0.25) is 0 Å². The van der Waals surface area contributed by atoms with Crippen LogP contribution in [-0.2, 0) is 0 Å². The fourth-order valence-electron chi connectivity index (χ4n) is 2.83. The van der Waals surface area contributed by atoms with Gasteiger partial charge in [-0.15, -0.1) is 23.1 Å². The van der Waals surface area contributed by atoms with Crippen molar-refractivity contribution >= 4 is 45.1 Å². The third-order valence-electron chi connectivity index (χ3n) is 4.29. The lowest BCUT2D eigenvalue weighted by molar-refractivity contribution is 0.0998. The summed E-state index contributed by atoms with van der Waals surface area (Å²) in [6, 6.07) is 15.4. The number of thiazole rings is 1. The topological polar surface area (TPSA) is 64.4 Å². The number of hydrogen-bond acceptors (Lipinski definition) is 6. The zero-order chi connectivity index (χ0) is 20.2. The van der Waals surface area contributed by atoms with Gasteiger partial charge >= 0.3 is 0 Å². The summed E-state index contributed by atoms with van der Waals surface area (Å²) in [4.78, 5) is 18.3. The van der Waals surface area contributed by atoms with Crippen LogP contribution in [0.15, 0.2) is 63.2 Å². The van der Waals surface area contributed by atoms with Crippen LogP contribution in [0.4, 0.5) is 5.13 Å². The number of thioether (sulfide) groups is 1. The normalized spacial score (nSPS) is 11.0. The maximum atomic E-state index is 12.6. The molecular formula is C22H20N2O3S2. The number of furan rings is 1. The average molecular weight is 425 g/mol. The van der Waals surface area contributed by atoms with Crippen LogP contribution >= 0.6 is 23.1 Å². The zero-order valence-electron chi connectivity index (χ0n) is 16.1. The molecule has 1 amide bonds. The Balaban J connectivity index is 1.48. The Kier molecular flexibility index (Phi) is 5.87. The first kappa shape index (κ1) is 19.5. The second kappa shape index (κ2) is 8.71. The Morgan fingerprint density at radius 3 is 2.79 bits per heavy atom. The first-order chi connectivity index (χ1) is 14.2. The number of carbonyl (C=O) groups is 1. The number of nitrogens with zero attached hydrogens (tertiary/aromatic N) is 1. The number of carbonyl (C=O) groups excluding carboxylic acids is 1. The average Bonchev–Trinajstić information content (AvgIpc) is 3.39. The van der Waals surface area contributed by atoms with Gasteiger partial charge < -0.3 is 9.15 Å². The van der Waals surface area contributed by atoms with E-state index in [0.717, 1.165) is 34.6 Å². The van der Waals surface area contributed by atoms with Crippen molar-refractivity contribution in [3.8, 4) is 17.0 Å². The van der Waals surface area contributed by atoms with E-state index in [1.807, 2.05) is 41.8 Å². The Labute approximate surface area is 177 Å². The van der Waals surface area contributed by atoms with E-state index in [0.29, 0.717) is 10.7 Å². The molecule has 2 aromatic carbocycles.